The summed E-state index contributed by atoms with van der Waals surface area (Å²) in [5, 5.41) is 1.97. The molecule has 1 fully saturated rings. The molecule has 0 saturated carbocycles. The van der Waals surface area contributed by atoms with E-state index in [1.807, 2.05) is 23.7 Å². The van der Waals surface area contributed by atoms with Crippen molar-refractivity contribution >= 4 is 39.2 Å². The number of thiophene rings is 1. The molecule has 4 rings (SSSR count). The maximum Gasteiger partial charge on any atom is 0.376 e. The number of carbonyl (C=O) groups is 1. The Morgan fingerprint density at radius 2 is 1.92 bits per heavy atom. The van der Waals surface area contributed by atoms with Gasteiger partial charge in [0.05, 0.1) is 17.3 Å². The van der Waals surface area contributed by atoms with E-state index in [1.165, 1.54) is 12.7 Å². The third-order valence-corrected chi connectivity index (χ3v) is 5.36. The molecule has 134 valence electrons. The summed E-state index contributed by atoms with van der Waals surface area (Å²) in [6, 6.07) is 6.01. The van der Waals surface area contributed by atoms with E-state index in [0.29, 0.717) is 0 Å². The summed E-state index contributed by atoms with van der Waals surface area (Å²) in [4.78, 5) is 29.7. The SMILES string of the molecule is COC(=O)c1nc(N2CCN(c3cc(C)ccn3)CC2)c2sccc2n1. The van der Waals surface area contributed by atoms with E-state index in [4.69, 9.17) is 4.74 Å². The maximum atomic E-state index is 11.9. The number of piperazine rings is 1. The van der Waals surface area contributed by atoms with Crippen LogP contribution in [0.5, 0.6) is 0 Å². The van der Waals surface area contributed by atoms with Gasteiger partial charge in [0.15, 0.2) is 5.82 Å². The van der Waals surface area contributed by atoms with Crippen LogP contribution in [0.3, 0.4) is 0 Å². The number of methoxy groups -OCH3 is 1. The average molecular weight is 369 g/mol. The van der Waals surface area contributed by atoms with E-state index in [2.05, 4.69) is 37.7 Å². The van der Waals surface area contributed by atoms with Gasteiger partial charge in [-0.05, 0) is 36.1 Å². The Morgan fingerprint density at radius 1 is 1.15 bits per heavy atom. The highest BCUT2D eigenvalue weighted by Gasteiger charge is 2.23. The van der Waals surface area contributed by atoms with Crippen molar-refractivity contribution in [2.45, 2.75) is 6.92 Å². The molecule has 0 aliphatic carbocycles. The van der Waals surface area contributed by atoms with Gasteiger partial charge in [-0.3, -0.25) is 0 Å². The number of pyridine rings is 1. The molecule has 7 nitrogen and oxygen atoms in total. The summed E-state index contributed by atoms with van der Waals surface area (Å²) in [6.45, 7) is 5.38. The first-order valence-electron chi connectivity index (χ1n) is 8.42. The van der Waals surface area contributed by atoms with Crippen LogP contribution in [-0.2, 0) is 4.74 Å². The molecule has 0 radical (unpaired) electrons. The number of esters is 1. The van der Waals surface area contributed by atoms with Crippen LogP contribution in [0.25, 0.3) is 10.2 Å². The fourth-order valence-corrected chi connectivity index (χ4v) is 3.93. The quantitative estimate of drug-likeness (QED) is 0.657. The lowest BCUT2D eigenvalue weighted by atomic mass is 10.2. The van der Waals surface area contributed by atoms with E-state index >= 15 is 0 Å². The van der Waals surface area contributed by atoms with E-state index < -0.39 is 5.97 Å². The summed E-state index contributed by atoms with van der Waals surface area (Å²) in [5.41, 5.74) is 1.99. The van der Waals surface area contributed by atoms with Gasteiger partial charge in [0.2, 0.25) is 5.82 Å². The molecule has 0 N–H and O–H groups in total. The van der Waals surface area contributed by atoms with Crippen LogP contribution in [0, 0.1) is 6.92 Å². The highest BCUT2D eigenvalue weighted by atomic mass is 32.1. The van der Waals surface area contributed by atoms with Crippen molar-refractivity contribution in [1.29, 1.82) is 0 Å². The normalized spacial score (nSPS) is 14.7. The van der Waals surface area contributed by atoms with Crippen molar-refractivity contribution in [2.75, 3.05) is 43.1 Å². The van der Waals surface area contributed by atoms with Crippen molar-refractivity contribution in [3.05, 3.63) is 41.2 Å². The van der Waals surface area contributed by atoms with E-state index in [-0.39, 0.29) is 5.82 Å². The number of hydrogen-bond donors (Lipinski definition) is 0. The Balaban J connectivity index is 1.59. The zero-order valence-electron chi connectivity index (χ0n) is 14.7. The maximum absolute atomic E-state index is 11.9. The van der Waals surface area contributed by atoms with Crippen LogP contribution in [0.4, 0.5) is 11.6 Å². The van der Waals surface area contributed by atoms with Gasteiger partial charge in [-0.15, -0.1) is 11.3 Å². The minimum Gasteiger partial charge on any atom is -0.463 e. The summed E-state index contributed by atoms with van der Waals surface area (Å²) in [5.74, 6) is 1.41. The summed E-state index contributed by atoms with van der Waals surface area (Å²) in [7, 11) is 1.34. The summed E-state index contributed by atoms with van der Waals surface area (Å²) in [6.07, 6.45) is 1.85. The number of ether oxygens (including phenoxy) is 1. The van der Waals surface area contributed by atoms with Crippen LogP contribution >= 0.6 is 11.3 Å². The van der Waals surface area contributed by atoms with Crippen LogP contribution < -0.4 is 9.80 Å². The minimum absolute atomic E-state index is 0.108. The number of fused-ring (bicyclic) bond motifs is 1. The van der Waals surface area contributed by atoms with E-state index in [9.17, 15) is 4.79 Å². The fourth-order valence-electron chi connectivity index (χ4n) is 3.09. The molecule has 0 atom stereocenters. The summed E-state index contributed by atoms with van der Waals surface area (Å²) >= 11 is 1.59. The van der Waals surface area contributed by atoms with Crippen LogP contribution in [0.1, 0.15) is 16.2 Å². The first-order valence-corrected chi connectivity index (χ1v) is 9.30. The molecular formula is C18H19N5O2S. The fraction of sp³-hybridized carbons (Fsp3) is 0.333. The zero-order valence-corrected chi connectivity index (χ0v) is 15.5. The second-order valence-electron chi connectivity index (χ2n) is 6.16. The predicted molar refractivity (Wildman–Crippen MR) is 102 cm³/mol. The molecule has 0 bridgehead atoms. The largest absolute Gasteiger partial charge is 0.463 e. The van der Waals surface area contributed by atoms with Crippen molar-refractivity contribution < 1.29 is 9.53 Å². The van der Waals surface area contributed by atoms with Crippen molar-refractivity contribution in [1.82, 2.24) is 15.0 Å². The molecule has 3 aromatic rings. The molecular weight excluding hydrogens is 350 g/mol. The highest BCUT2D eigenvalue weighted by molar-refractivity contribution is 7.17. The number of rotatable bonds is 3. The van der Waals surface area contributed by atoms with Crippen LogP contribution in [0.2, 0.25) is 0 Å². The second kappa shape index (κ2) is 6.87. The Labute approximate surface area is 155 Å². The topological polar surface area (TPSA) is 71.5 Å². The third-order valence-electron chi connectivity index (χ3n) is 4.46. The third kappa shape index (κ3) is 3.08. The molecule has 0 amide bonds. The van der Waals surface area contributed by atoms with E-state index in [1.54, 1.807) is 11.3 Å². The molecule has 3 aromatic heterocycles. The smallest absolute Gasteiger partial charge is 0.376 e. The predicted octanol–water partition coefficient (Wildman–Crippen LogP) is 2.51. The lowest BCUT2D eigenvalue weighted by molar-refractivity contribution is 0.0587. The zero-order chi connectivity index (χ0) is 18.1. The Hall–Kier alpha value is -2.74. The first kappa shape index (κ1) is 16.7. The number of aromatic nitrogens is 3. The lowest BCUT2D eigenvalue weighted by Crippen LogP contribution is -2.47. The lowest BCUT2D eigenvalue weighted by Gasteiger charge is -2.36. The number of nitrogens with zero attached hydrogens (tertiary/aromatic N) is 5. The molecule has 1 aliphatic heterocycles. The van der Waals surface area contributed by atoms with Gasteiger partial charge in [-0.2, -0.15) is 0 Å². The Bertz CT molecular complexity index is 950. The van der Waals surface area contributed by atoms with Gasteiger partial charge in [0.25, 0.3) is 0 Å². The first-order chi connectivity index (χ1) is 12.7. The van der Waals surface area contributed by atoms with Gasteiger partial charge < -0.3 is 14.5 Å². The monoisotopic (exact) mass is 369 g/mol. The van der Waals surface area contributed by atoms with Gasteiger partial charge in [0, 0.05) is 32.4 Å². The minimum atomic E-state index is -0.512. The highest BCUT2D eigenvalue weighted by Crippen LogP contribution is 2.30. The molecule has 8 heteroatoms. The van der Waals surface area contributed by atoms with Gasteiger partial charge >= 0.3 is 5.97 Å². The number of hydrogen-bond acceptors (Lipinski definition) is 8. The molecule has 0 aromatic carbocycles. The van der Waals surface area contributed by atoms with Gasteiger partial charge in [-0.1, -0.05) is 0 Å². The molecule has 1 saturated heterocycles. The summed E-state index contributed by atoms with van der Waals surface area (Å²) < 4.78 is 5.79. The average Bonchev–Trinajstić information content (AvgIpc) is 3.15. The van der Waals surface area contributed by atoms with Crippen LogP contribution in [0.15, 0.2) is 29.8 Å². The molecule has 1 aliphatic rings. The number of aryl methyl sites for hydroxylation is 1. The molecule has 0 unspecified atom stereocenters. The van der Waals surface area contributed by atoms with Crippen molar-refractivity contribution in [2.24, 2.45) is 0 Å². The van der Waals surface area contributed by atoms with E-state index in [0.717, 1.165) is 48.0 Å². The van der Waals surface area contributed by atoms with Crippen molar-refractivity contribution in [3.63, 3.8) is 0 Å². The van der Waals surface area contributed by atoms with Crippen LogP contribution in [-0.4, -0.2) is 54.2 Å². The number of carbonyl (C=O) groups excluding carboxylic acids is 1. The van der Waals surface area contributed by atoms with Gasteiger partial charge in [0.1, 0.15) is 5.82 Å². The second-order valence-corrected chi connectivity index (χ2v) is 7.08. The standard InChI is InChI=1S/C18H19N5O2S/c1-12-3-5-19-14(11-12)22-6-8-23(9-7-22)17-15-13(4-10-26-15)20-16(21-17)18(24)25-2/h3-5,10-11H,6-9H2,1-2H3. The Kier molecular flexibility index (Phi) is 4.42. The van der Waals surface area contributed by atoms with Crippen molar-refractivity contribution in [3.8, 4) is 0 Å². The number of anilines is 2. The molecule has 4 heterocycles. The van der Waals surface area contributed by atoms with Gasteiger partial charge in [-0.25, -0.2) is 19.7 Å². The molecule has 0 spiro atoms. The Morgan fingerprint density at radius 3 is 2.65 bits per heavy atom. The molecule has 26 heavy (non-hydrogen) atoms.